The minimum atomic E-state index is -0.378. The molecule has 0 atom stereocenters. The zero-order valence-corrected chi connectivity index (χ0v) is 18.9. The van der Waals surface area contributed by atoms with Crippen LogP contribution in [0.2, 0.25) is 0 Å². The second kappa shape index (κ2) is 10.2. The Bertz CT molecular complexity index is 885. The highest BCUT2D eigenvalue weighted by Crippen LogP contribution is 2.22. The molecule has 0 heterocycles. The standard InChI is InChI=1S/C23H29N3O3S/c1-15(2)14-29-19-12-8-17(9-13-19)21(28)25-26-22(30)24-20(27)16-6-10-18(11-7-16)23(3,4)5/h6-13,15H,14H2,1-5H3,(H,25,28)(H2,24,26,27,30). The lowest BCUT2D eigenvalue weighted by Gasteiger charge is -2.19. The molecule has 2 amide bonds. The highest BCUT2D eigenvalue weighted by atomic mass is 32.1. The summed E-state index contributed by atoms with van der Waals surface area (Å²) in [5, 5.41) is 2.55. The SMILES string of the molecule is CC(C)COc1ccc(C(=O)NNC(=S)NC(=O)c2ccc(C(C)(C)C)cc2)cc1. The summed E-state index contributed by atoms with van der Waals surface area (Å²) >= 11 is 5.09. The molecule has 30 heavy (non-hydrogen) atoms. The first-order valence-electron chi connectivity index (χ1n) is 9.81. The molecule has 0 saturated carbocycles. The van der Waals surface area contributed by atoms with E-state index in [1.54, 1.807) is 36.4 Å². The number of hydrogen-bond donors (Lipinski definition) is 3. The summed E-state index contributed by atoms with van der Waals surface area (Å²) in [5.41, 5.74) is 7.07. The normalized spacial score (nSPS) is 11.0. The van der Waals surface area contributed by atoms with Crippen molar-refractivity contribution in [2.24, 2.45) is 5.92 Å². The Labute approximate surface area is 183 Å². The molecule has 0 radical (unpaired) electrons. The number of carbonyl (C=O) groups is 2. The highest BCUT2D eigenvalue weighted by molar-refractivity contribution is 7.80. The Hall–Kier alpha value is -2.93. The third kappa shape index (κ3) is 7.15. The summed E-state index contributed by atoms with van der Waals surface area (Å²) in [4.78, 5) is 24.5. The lowest BCUT2D eigenvalue weighted by molar-refractivity contribution is 0.0934. The Morgan fingerprint density at radius 1 is 0.900 bits per heavy atom. The van der Waals surface area contributed by atoms with Gasteiger partial charge in [0.15, 0.2) is 5.11 Å². The zero-order chi connectivity index (χ0) is 22.3. The van der Waals surface area contributed by atoms with Gasteiger partial charge in [-0.05, 0) is 65.5 Å². The number of amides is 2. The van der Waals surface area contributed by atoms with Crippen molar-refractivity contribution in [1.82, 2.24) is 16.2 Å². The van der Waals surface area contributed by atoms with Gasteiger partial charge in [0.1, 0.15) is 5.75 Å². The number of ether oxygens (including phenoxy) is 1. The van der Waals surface area contributed by atoms with Crippen LogP contribution in [0.5, 0.6) is 5.75 Å². The quantitative estimate of drug-likeness (QED) is 0.497. The topological polar surface area (TPSA) is 79.5 Å². The molecule has 0 fully saturated rings. The Morgan fingerprint density at radius 3 is 1.97 bits per heavy atom. The molecule has 2 aromatic carbocycles. The molecule has 0 aliphatic rings. The highest BCUT2D eigenvalue weighted by Gasteiger charge is 2.15. The van der Waals surface area contributed by atoms with Crippen LogP contribution in [0.25, 0.3) is 0 Å². The number of nitrogens with one attached hydrogen (secondary N) is 3. The molecule has 2 aromatic rings. The van der Waals surface area contributed by atoms with E-state index in [0.29, 0.717) is 29.4 Å². The largest absolute Gasteiger partial charge is 0.493 e. The van der Waals surface area contributed by atoms with E-state index >= 15 is 0 Å². The number of thiocarbonyl (C=S) groups is 1. The van der Waals surface area contributed by atoms with Crippen LogP contribution >= 0.6 is 12.2 Å². The van der Waals surface area contributed by atoms with Gasteiger partial charge in [0.25, 0.3) is 11.8 Å². The third-order valence-corrected chi connectivity index (χ3v) is 4.43. The third-order valence-electron chi connectivity index (χ3n) is 4.23. The summed E-state index contributed by atoms with van der Waals surface area (Å²) in [6.07, 6.45) is 0. The van der Waals surface area contributed by atoms with Crippen molar-refractivity contribution < 1.29 is 14.3 Å². The summed E-state index contributed by atoms with van der Waals surface area (Å²) in [7, 11) is 0. The summed E-state index contributed by atoms with van der Waals surface area (Å²) in [6.45, 7) is 11.1. The molecule has 0 aliphatic heterocycles. The van der Waals surface area contributed by atoms with E-state index in [9.17, 15) is 9.59 Å². The minimum absolute atomic E-state index is 0.00475. The zero-order valence-electron chi connectivity index (χ0n) is 18.0. The Morgan fingerprint density at radius 2 is 1.43 bits per heavy atom. The number of carbonyl (C=O) groups excluding carboxylic acids is 2. The molecule has 0 aliphatic carbocycles. The van der Waals surface area contributed by atoms with Crippen LogP contribution < -0.4 is 20.9 Å². The molecule has 160 valence electrons. The maximum Gasteiger partial charge on any atom is 0.269 e. The number of rotatable bonds is 5. The van der Waals surface area contributed by atoms with Gasteiger partial charge in [-0.3, -0.25) is 25.8 Å². The van der Waals surface area contributed by atoms with Gasteiger partial charge in [-0.15, -0.1) is 0 Å². The van der Waals surface area contributed by atoms with Crippen LogP contribution in [0.4, 0.5) is 0 Å². The molecule has 7 heteroatoms. The molecular formula is C23H29N3O3S. The van der Waals surface area contributed by atoms with Crippen molar-refractivity contribution in [2.45, 2.75) is 40.0 Å². The predicted octanol–water partition coefficient (Wildman–Crippen LogP) is 3.97. The molecule has 0 spiro atoms. The van der Waals surface area contributed by atoms with Gasteiger partial charge in [-0.1, -0.05) is 46.8 Å². The maximum atomic E-state index is 12.3. The van der Waals surface area contributed by atoms with Gasteiger partial charge in [-0.2, -0.15) is 0 Å². The van der Waals surface area contributed by atoms with Crippen molar-refractivity contribution in [3.8, 4) is 5.75 Å². The molecule has 0 unspecified atom stereocenters. The molecule has 6 nitrogen and oxygen atoms in total. The first kappa shape index (κ1) is 23.3. The van der Waals surface area contributed by atoms with Gasteiger partial charge in [0.2, 0.25) is 0 Å². The van der Waals surface area contributed by atoms with Crippen LogP contribution in [0.1, 0.15) is 60.9 Å². The first-order valence-corrected chi connectivity index (χ1v) is 10.2. The maximum absolute atomic E-state index is 12.3. The van der Waals surface area contributed by atoms with E-state index in [-0.39, 0.29) is 22.3 Å². The summed E-state index contributed by atoms with van der Waals surface area (Å²) in [6, 6.07) is 14.1. The van der Waals surface area contributed by atoms with E-state index in [1.807, 2.05) is 12.1 Å². The van der Waals surface area contributed by atoms with Crippen molar-refractivity contribution in [1.29, 1.82) is 0 Å². The molecule has 2 rings (SSSR count). The first-order chi connectivity index (χ1) is 14.1. The van der Waals surface area contributed by atoms with Gasteiger partial charge in [0.05, 0.1) is 6.61 Å². The van der Waals surface area contributed by atoms with Gasteiger partial charge >= 0.3 is 0 Å². The van der Waals surface area contributed by atoms with E-state index in [2.05, 4.69) is 50.8 Å². The summed E-state index contributed by atoms with van der Waals surface area (Å²) < 4.78 is 5.60. The lowest BCUT2D eigenvalue weighted by Crippen LogP contribution is -2.48. The smallest absolute Gasteiger partial charge is 0.269 e. The fourth-order valence-electron chi connectivity index (χ4n) is 2.48. The average molecular weight is 428 g/mol. The van der Waals surface area contributed by atoms with E-state index in [0.717, 1.165) is 5.56 Å². The van der Waals surface area contributed by atoms with Gasteiger partial charge in [0, 0.05) is 11.1 Å². The molecular weight excluding hydrogens is 398 g/mol. The van der Waals surface area contributed by atoms with Crippen molar-refractivity contribution >= 4 is 29.1 Å². The number of hydrogen-bond acceptors (Lipinski definition) is 4. The van der Waals surface area contributed by atoms with Crippen LogP contribution in [-0.2, 0) is 5.41 Å². The van der Waals surface area contributed by atoms with Gasteiger partial charge < -0.3 is 4.74 Å². The number of hydrazine groups is 1. The molecule has 0 bridgehead atoms. The monoisotopic (exact) mass is 427 g/mol. The molecule has 0 aromatic heterocycles. The molecule has 3 N–H and O–H groups in total. The number of benzene rings is 2. The fourth-order valence-corrected chi connectivity index (χ4v) is 2.62. The minimum Gasteiger partial charge on any atom is -0.493 e. The average Bonchev–Trinajstić information content (AvgIpc) is 2.70. The van der Waals surface area contributed by atoms with E-state index < -0.39 is 0 Å². The van der Waals surface area contributed by atoms with E-state index in [1.165, 1.54) is 0 Å². The Kier molecular flexibility index (Phi) is 7.94. The molecule has 0 saturated heterocycles. The fraction of sp³-hybridized carbons (Fsp3) is 0.348. The second-order valence-electron chi connectivity index (χ2n) is 8.42. The lowest BCUT2D eigenvalue weighted by atomic mass is 9.87. The summed E-state index contributed by atoms with van der Waals surface area (Å²) in [5.74, 6) is 0.392. The van der Waals surface area contributed by atoms with Crippen molar-refractivity contribution in [3.05, 3.63) is 65.2 Å². The van der Waals surface area contributed by atoms with Crippen LogP contribution in [0, 0.1) is 5.92 Å². The van der Waals surface area contributed by atoms with Crippen LogP contribution in [0.15, 0.2) is 48.5 Å². The predicted molar refractivity (Wildman–Crippen MR) is 123 cm³/mol. The van der Waals surface area contributed by atoms with Crippen LogP contribution in [-0.4, -0.2) is 23.5 Å². The van der Waals surface area contributed by atoms with Crippen molar-refractivity contribution in [3.63, 3.8) is 0 Å². The van der Waals surface area contributed by atoms with Crippen LogP contribution in [0.3, 0.4) is 0 Å². The Balaban J connectivity index is 1.83. The van der Waals surface area contributed by atoms with Crippen molar-refractivity contribution in [2.75, 3.05) is 6.61 Å². The second-order valence-corrected chi connectivity index (χ2v) is 8.83. The van der Waals surface area contributed by atoms with E-state index in [4.69, 9.17) is 17.0 Å². The van der Waals surface area contributed by atoms with Gasteiger partial charge in [-0.25, -0.2) is 0 Å².